The summed E-state index contributed by atoms with van der Waals surface area (Å²) in [6.45, 7) is 0.500. The third-order valence-corrected chi connectivity index (χ3v) is 4.60. The number of rotatable bonds is 3. The lowest BCUT2D eigenvalue weighted by Crippen LogP contribution is -2.39. The van der Waals surface area contributed by atoms with Crippen LogP contribution in [0.1, 0.15) is 19.3 Å². The summed E-state index contributed by atoms with van der Waals surface area (Å²) in [6, 6.07) is 7.03. The molecule has 1 aliphatic heterocycles. The van der Waals surface area contributed by atoms with Crippen molar-refractivity contribution in [2.24, 2.45) is 0 Å². The largest absolute Gasteiger partial charge is 0.393 e. The molecule has 2 N–H and O–H groups in total. The maximum atomic E-state index is 12.5. The molecule has 0 bridgehead atoms. The zero-order chi connectivity index (χ0) is 17.2. The normalized spacial score (nSPS) is 21.7. The number of amides is 1. The highest BCUT2D eigenvalue weighted by atomic mass is 16.3. The first-order valence-corrected chi connectivity index (χ1v) is 8.08. The molecule has 0 radical (unpaired) electrons. The quantitative estimate of drug-likeness (QED) is 0.834. The van der Waals surface area contributed by atoms with Gasteiger partial charge in [-0.2, -0.15) is 0 Å². The zero-order valence-corrected chi connectivity index (χ0v) is 13.4. The molecule has 2 aromatic rings. The molecule has 24 heavy (non-hydrogen) atoms. The molecule has 128 valence electrons. The number of nitrogens with zero attached hydrogens (tertiary/aromatic N) is 3. The van der Waals surface area contributed by atoms with E-state index in [-0.39, 0.29) is 24.6 Å². The average molecular weight is 331 g/mol. The molecule has 1 aromatic carbocycles. The fourth-order valence-electron chi connectivity index (χ4n) is 3.05. The number of carbonyl (C=O) groups is 1. The Morgan fingerprint density at radius 3 is 2.83 bits per heavy atom. The van der Waals surface area contributed by atoms with Gasteiger partial charge in [0.1, 0.15) is 6.54 Å². The van der Waals surface area contributed by atoms with Crippen LogP contribution in [0.2, 0.25) is 0 Å². The standard InChI is InChI=1S/C17H21N3O4/c21-11-17(24)6-3-8-19(9-7-17)15(22)10-20-12-18-14-5-2-1-4-13(14)16(20)23/h1-2,4-5,12,21,24H,3,6-11H2/t17-/m1/s1. The van der Waals surface area contributed by atoms with E-state index < -0.39 is 5.60 Å². The van der Waals surface area contributed by atoms with Crippen molar-refractivity contribution >= 4 is 16.8 Å². The minimum absolute atomic E-state index is 0.0752. The molecule has 1 amide bonds. The predicted octanol–water partition coefficient (Wildman–Crippen LogP) is 0.132. The molecule has 2 heterocycles. The highest BCUT2D eigenvalue weighted by Gasteiger charge is 2.30. The SMILES string of the molecule is O=C(Cn1cnc2ccccc2c1=O)N1CCC[C@](O)(CO)CC1. The average Bonchev–Trinajstić information content (AvgIpc) is 2.80. The highest BCUT2D eigenvalue weighted by Crippen LogP contribution is 2.21. The van der Waals surface area contributed by atoms with E-state index in [1.54, 1.807) is 23.1 Å². The maximum absolute atomic E-state index is 12.5. The van der Waals surface area contributed by atoms with Gasteiger partial charge in [-0.3, -0.25) is 14.2 Å². The molecular weight excluding hydrogens is 310 g/mol. The number of aliphatic hydroxyl groups is 2. The number of fused-ring (bicyclic) bond motifs is 1. The summed E-state index contributed by atoms with van der Waals surface area (Å²) in [5.74, 6) is -0.184. The lowest BCUT2D eigenvalue weighted by atomic mass is 9.96. The van der Waals surface area contributed by atoms with Gasteiger partial charge >= 0.3 is 0 Å². The van der Waals surface area contributed by atoms with Gasteiger partial charge in [-0.05, 0) is 31.4 Å². The van der Waals surface area contributed by atoms with Crippen LogP contribution in [0.5, 0.6) is 0 Å². The van der Waals surface area contributed by atoms with Crippen molar-refractivity contribution in [3.05, 3.63) is 40.9 Å². The predicted molar refractivity (Wildman–Crippen MR) is 88.5 cm³/mol. The van der Waals surface area contributed by atoms with Gasteiger partial charge in [0.15, 0.2) is 0 Å². The molecule has 0 saturated carbocycles. The number of hydrogen-bond acceptors (Lipinski definition) is 5. The molecule has 1 aliphatic rings. The van der Waals surface area contributed by atoms with Crippen LogP contribution in [0.4, 0.5) is 0 Å². The van der Waals surface area contributed by atoms with Crippen molar-refractivity contribution in [3.63, 3.8) is 0 Å². The van der Waals surface area contributed by atoms with Gasteiger partial charge in [-0.1, -0.05) is 12.1 Å². The molecule has 0 aliphatic carbocycles. The monoisotopic (exact) mass is 331 g/mol. The van der Waals surface area contributed by atoms with Gasteiger partial charge < -0.3 is 15.1 Å². The first kappa shape index (κ1) is 16.6. The van der Waals surface area contributed by atoms with E-state index in [0.29, 0.717) is 43.3 Å². The topological polar surface area (TPSA) is 95.7 Å². The molecule has 0 unspecified atom stereocenters. The molecule has 7 nitrogen and oxygen atoms in total. The first-order valence-electron chi connectivity index (χ1n) is 8.08. The van der Waals surface area contributed by atoms with Gasteiger partial charge in [0.25, 0.3) is 5.56 Å². The van der Waals surface area contributed by atoms with E-state index in [9.17, 15) is 19.8 Å². The Balaban J connectivity index is 1.75. The van der Waals surface area contributed by atoms with Gasteiger partial charge in [0, 0.05) is 13.1 Å². The van der Waals surface area contributed by atoms with E-state index in [1.807, 2.05) is 6.07 Å². The number of carbonyl (C=O) groups excluding carboxylic acids is 1. The van der Waals surface area contributed by atoms with Gasteiger partial charge in [0.05, 0.1) is 29.4 Å². The molecule has 0 spiro atoms. The fourth-order valence-corrected chi connectivity index (χ4v) is 3.05. The van der Waals surface area contributed by atoms with Gasteiger partial charge in [-0.15, -0.1) is 0 Å². The summed E-state index contributed by atoms with van der Waals surface area (Å²) in [4.78, 5) is 30.8. The zero-order valence-electron chi connectivity index (χ0n) is 13.4. The van der Waals surface area contributed by atoms with Crippen LogP contribution in [-0.4, -0.2) is 55.9 Å². The summed E-state index contributed by atoms with van der Waals surface area (Å²) in [5.41, 5.74) is -0.749. The first-order chi connectivity index (χ1) is 11.5. The lowest BCUT2D eigenvalue weighted by molar-refractivity contribution is -0.132. The van der Waals surface area contributed by atoms with Crippen LogP contribution in [0, 0.1) is 0 Å². The Morgan fingerprint density at radius 2 is 2.04 bits per heavy atom. The van der Waals surface area contributed by atoms with E-state index in [4.69, 9.17) is 0 Å². The maximum Gasteiger partial charge on any atom is 0.261 e. The Bertz CT molecular complexity index is 804. The number of aliphatic hydroxyl groups excluding tert-OH is 1. The summed E-state index contributed by atoms with van der Waals surface area (Å²) in [5, 5.41) is 19.9. The van der Waals surface area contributed by atoms with E-state index in [1.165, 1.54) is 10.9 Å². The molecule has 1 aromatic heterocycles. The number of hydrogen-bond donors (Lipinski definition) is 2. The molecule has 1 atom stereocenters. The molecule has 1 saturated heterocycles. The third-order valence-electron chi connectivity index (χ3n) is 4.60. The third kappa shape index (κ3) is 3.32. The van der Waals surface area contributed by atoms with Crippen molar-refractivity contribution in [3.8, 4) is 0 Å². The lowest BCUT2D eigenvalue weighted by Gasteiger charge is -2.24. The van der Waals surface area contributed by atoms with Crippen LogP contribution >= 0.6 is 0 Å². The summed E-state index contributed by atoms with van der Waals surface area (Å²) < 4.78 is 1.31. The van der Waals surface area contributed by atoms with Crippen LogP contribution in [0.3, 0.4) is 0 Å². The minimum atomic E-state index is -1.11. The van der Waals surface area contributed by atoms with Crippen molar-refractivity contribution < 1.29 is 15.0 Å². The summed E-state index contributed by atoms with van der Waals surface area (Å²) in [7, 11) is 0. The Labute approximate surface area is 139 Å². The molecule has 1 fully saturated rings. The second-order valence-corrected chi connectivity index (χ2v) is 6.31. The van der Waals surface area contributed by atoms with Crippen LogP contribution < -0.4 is 5.56 Å². The highest BCUT2D eigenvalue weighted by molar-refractivity contribution is 5.79. The smallest absolute Gasteiger partial charge is 0.261 e. The van der Waals surface area contributed by atoms with Crippen molar-refractivity contribution in [2.75, 3.05) is 19.7 Å². The van der Waals surface area contributed by atoms with E-state index >= 15 is 0 Å². The number of para-hydroxylation sites is 1. The van der Waals surface area contributed by atoms with Gasteiger partial charge in [-0.25, -0.2) is 4.98 Å². The minimum Gasteiger partial charge on any atom is -0.393 e. The number of aromatic nitrogens is 2. The van der Waals surface area contributed by atoms with E-state index in [0.717, 1.165) is 0 Å². The van der Waals surface area contributed by atoms with Crippen LogP contribution in [0.15, 0.2) is 35.4 Å². The molecular formula is C17H21N3O4. The summed E-state index contributed by atoms with van der Waals surface area (Å²) >= 11 is 0. The van der Waals surface area contributed by atoms with Crippen LogP contribution in [0.25, 0.3) is 10.9 Å². The second kappa shape index (κ2) is 6.70. The van der Waals surface area contributed by atoms with Crippen LogP contribution in [-0.2, 0) is 11.3 Å². The van der Waals surface area contributed by atoms with Gasteiger partial charge in [0.2, 0.25) is 5.91 Å². The van der Waals surface area contributed by atoms with Crippen molar-refractivity contribution in [1.82, 2.24) is 14.5 Å². The second-order valence-electron chi connectivity index (χ2n) is 6.31. The Hall–Kier alpha value is -2.25. The van der Waals surface area contributed by atoms with E-state index in [2.05, 4.69) is 4.98 Å². The number of benzene rings is 1. The fraction of sp³-hybridized carbons (Fsp3) is 0.471. The number of likely N-dealkylation sites (tertiary alicyclic amines) is 1. The summed E-state index contributed by atoms with van der Waals surface area (Å²) in [6.07, 6.45) is 2.81. The Morgan fingerprint density at radius 1 is 1.25 bits per heavy atom. The molecule has 7 heteroatoms. The molecule has 3 rings (SSSR count). The van der Waals surface area contributed by atoms with Crippen molar-refractivity contribution in [2.45, 2.75) is 31.4 Å². The van der Waals surface area contributed by atoms with Crippen molar-refractivity contribution in [1.29, 1.82) is 0 Å². The Kier molecular flexibility index (Phi) is 4.64.